The maximum absolute atomic E-state index is 12.4. The van der Waals surface area contributed by atoms with Crippen LogP contribution in [-0.4, -0.2) is 35.3 Å². The van der Waals surface area contributed by atoms with Gasteiger partial charge in [0.05, 0.1) is 11.3 Å². The maximum atomic E-state index is 12.4. The summed E-state index contributed by atoms with van der Waals surface area (Å²) in [4.78, 5) is 12.4. The molecule has 7 heteroatoms. The van der Waals surface area contributed by atoms with Gasteiger partial charge in [-0.15, -0.1) is 0 Å². The van der Waals surface area contributed by atoms with Gasteiger partial charge in [0, 0.05) is 18.5 Å². The van der Waals surface area contributed by atoms with Crippen molar-refractivity contribution >= 4 is 5.91 Å². The van der Waals surface area contributed by atoms with Gasteiger partial charge in [0.1, 0.15) is 23.4 Å². The van der Waals surface area contributed by atoms with Gasteiger partial charge in [0.2, 0.25) is 0 Å². The monoisotopic (exact) mass is 417 g/mol. The molecule has 2 aromatic carbocycles. The van der Waals surface area contributed by atoms with E-state index in [2.05, 4.69) is 10.6 Å². The van der Waals surface area contributed by atoms with E-state index in [-0.39, 0.29) is 6.17 Å². The Morgan fingerprint density at radius 3 is 2.42 bits per heavy atom. The highest BCUT2D eigenvalue weighted by Crippen LogP contribution is 2.34. The first kappa shape index (κ1) is 19.8. The third-order valence-corrected chi connectivity index (χ3v) is 6.17. The molecule has 0 spiro atoms. The molecule has 2 aliphatic heterocycles. The second kappa shape index (κ2) is 8.53. The van der Waals surface area contributed by atoms with Crippen molar-refractivity contribution in [3.63, 3.8) is 0 Å². The number of rotatable bonds is 5. The number of amides is 1. The largest absolute Gasteiger partial charge is 0.457 e. The molecule has 1 unspecified atom stereocenters. The molecule has 31 heavy (non-hydrogen) atoms. The Kier molecular flexibility index (Phi) is 5.44. The van der Waals surface area contributed by atoms with E-state index in [1.165, 1.54) is 0 Å². The zero-order chi connectivity index (χ0) is 21.2. The van der Waals surface area contributed by atoms with Crippen LogP contribution in [0.2, 0.25) is 0 Å². The van der Waals surface area contributed by atoms with E-state index < -0.39 is 5.91 Å². The molecule has 0 radical (unpaired) electrons. The number of carbonyl (C=O) groups excluding carboxylic acids is 1. The number of nitrogens with one attached hydrogen (secondary N) is 2. The highest BCUT2D eigenvalue weighted by molar-refractivity contribution is 6.00. The van der Waals surface area contributed by atoms with Crippen molar-refractivity contribution in [2.45, 2.75) is 25.4 Å². The summed E-state index contributed by atoms with van der Waals surface area (Å²) in [6, 6.07) is 17.3. The Balaban J connectivity index is 1.47. The third-order valence-electron chi connectivity index (χ3n) is 6.17. The second-order valence-electron chi connectivity index (χ2n) is 8.16. The lowest BCUT2D eigenvalue weighted by molar-refractivity contribution is 0.0998. The number of piperidine rings is 1. The number of aromatic nitrogens is 2. The number of nitrogens with zero attached hydrogens (tertiary/aromatic N) is 2. The predicted molar refractivity (Wildman–Crippen MR) is 119 cm³/mol. The van der Waals surface area contributed by atoms with Crippen LogP contribution in [0, 0.1) is 5.92 Å². The summed E-state index contributed by atoms with van der Waals surface area (Å²) in [5.74, 6) is 1.57. The maximum Gasteiger partial charge on any atom is 0.252 e. The molecule has 7 nitrogen and oxygen atoms in total. The predicted octanol–water partition coefficient (Wildman–Crippen LogP) is 3.09. The first-order valence-electron chi connectivity index (χ1n) is 10.9. The fourth-order valence-corrected chi connectivity index (χ4v) is 4.66. The number of ether oxygens (including phenoxy) is 1. The van der Waals surface area contributed by atoms with Crippen LogP contribution in [0.4, 0.5) is 0 Å². The Bertz CT molecular complexity index is 1060. The zero-order valence-electron chi connectivity index (χ0n) is 17.4. The molecule has 0 aliphatic carbocycles. The molecule has 5 rings (SSSR count). The standard InChI is InChI=1S/C24H27N5O2/c25-23(30)21-20-12-15-27-24(17-10-13-26-14-11-17)29(20)28-22(21)16-6-8-19(9-7-16)31-18-4-2-1-3-5-18/h1-9,17,24,26-27H,10-15H2,(H2,25,30). The first-order chi connectivity index (χ1) is 15.2. The lowest BCUT2D eigenvalue weighted by Crippen LogP contribution is -2.44. The first-order valence-corrected chi connectivity index (χ1v) is 10.9. The van der Waals surface area contributed by atoms with Crippen molar-refractivity contribution in [1.29, 1.82) is 0 Å². The topological polar surface area (TPSA) is 94.2 Å². The van der Waals surface area contributed by atoms with Gasteiger partial charge in [-0.3, -0.25) is 14.8 Å². The van der Waals surface area contributed by atoms with E-state index >= 15 is 0 Å². The van der Waals surface area contributed by atoms with Gasteiger partial charge < -0.3 is 15.8 Å². The van der Waals surface area contributed by atoms with Crippen LogP contribution in [0.25, 0.3) is 11.3 Å². The Morgan fingerprint density at radius 2 is 1.71 bits per heavy atom. The van der Waals surface area contributed by atoms with E-state index in [9.17, 15) is 4.79 Å². The Labute approximate surface area is 181 Å². The minimum atomic E-state index is -0.424. The van der Waals surface area contributed by atoms with E-state index in [1.807, 2.05) is 59.3 Å². The number of hydrogen-bond donors (Lipinski definition) is 3. The molecule has 1 atom stereocenters. The number of hydrogen-bond acceptors (Lipinski definition) is 5. The average molecular weight is 418 g/mol. The van der Waals surface area contributed by atoms with Gasteiger partial charge in [-0.1, -0.05) is 18.2 Å². The lowest BCUT2D eigenvalue weighted by Gasteiger charge is -2.35. The number of benzene rings is 2. The molecule has 0 bridgehead atoms. The lowest BCUT2D eigenvalue weighted by atomic mass is 9.93. The summed E-state index contributed by atoms with van der Waals surface area (Å²) in [6.45, 7) is 2.85. The molecule has 3 aromatic rings. The van der Waals surface area contributed by atoms with Crippen LogP contribution in [0.3, 0.4) is 0 Å². The van der Waals surface area contributed by atoms with Crippen LogP contribution in [-0.2, 0) is 6.42 Å². The summed E-state index contributed by atoms with van der Waals surface area (Å²) in [5, 5.41) is 11.9. The molecular weight excluding hydrogens is 390 g/mol. The number of fused-ring (bicyclic) bond motifs is 1. The van der Waals surface area contributed by atoms with Crippen LogP contribution in [0.15, 0.2) is 54.6 Å². The summed E-state index contributed by atoms with van der Waals surface area (Å²) >= 11 is 0. The van der Waals surface area contributed by atoms with E-state index in [0.29, 0.717) is 17.2 Å². The Hall–Kier alpha value is -3.16. The molecular formula is C24H27N5O2. The van der Waals surface area contributed by atoms with Gasteiger partial charge in [-0.05, 0) is 68.2 Å². The van der Waals surface area contributed by atoms with Gasteiger partial charge in [-0.25, -0.2) is 0 Å². The van der Waals surface area contributed by atoms with Gasteiger partial charge in [-0.2, -0.15) is 5.10 Å². The molecule has 1 fully saturated rings. The van der Waals surface area contributed by atoms with E-state index in [0.717, 1.165) is 61.7 Å². The van der Waals surface area contributed by atoms with Crippen molar-refractivity contribution < 1.29 is 9.53 Å². The summed E-state index contributed by atoms with van der Waals surface area (Å²) in [5.41, 5.74) is 8.82. The number of nitrogens with two attached hydrogens (primary N) is 1. The second-order valence-corrected chi connectivity index (χ2v) is 8.16. The smallest absolute Gasteiger partial charge is 0.252 e. The van der Waals surface area contributed by atoms with Crippen molar-refractivity contribution in [2.24, 2.45) is 11.7 Å². The van der Waals surface area contributed by atoms with E-state index in [1.54, 1.807) is 0 Å². The van der Waals surface area contributed by atoms with Gasteiger partial charge >= 0.3 is 0 Å². The van der Waals surface area contributed by atoms with Gasteiger partial charge in [0.25, 0.3) is 5.91 Å². The van der Waals surface area contributed by atoms with Crippen LogP contribution in [0.1, 0.15) is 35.1 Å². The molecule has 2 aliphatic rings. The number of primary amides is 1. The molecule has 4 N–H and O–H groups in total. The quantitative estimate of drug-likeness (QED) is 0.593. The minimum absolute atomic E-state index is 0.0957. The average Bonchev–Trinajstić information content (AvgIpc) is 3.21. The number of para-hydroxylation sites is 1. The van der Waals surface area contributed by atoms with Crippen molar-refractivity contribution in [3.8, 4) is 22.8 Å². The third kappa shape index (κ3) is 3.94. The van der Waals surface area contributed by atoms with Crippen molar-refractivity contribution in [1.82, 2.24) is 20.4 Å². The normalized spacial score (nSPS) is 19.0. The fourth-order valence-electron chi connectivity index (χ4n) is 4.66. The fraction of sp³-hybridized carbons (Fsp3) is 0.333. The molecule has 3 heterocycles. The van der Waals surface area contributed by atoms with Crippen molar-refractivity contribution in [3.05, 3.63) is 65.9 Å². The highest BCUT2D eigenvalue weighted by atomic mass is 16.5. The molecule has 160 valence electrons. The van der Waals surface area contributed by atoms with Crippen LogP contribution < -0.4 is 21.1 Å². The SMILES string of the molecule is NC(=O)c1c(-c2ccc(Oc3ccccc3)cc2)nn2c1CCNC2C1CCNCC1. The molecule has 0 saturated carbocycles. The zero-order valence-corrected chi connectivity index (χ0v) is 17.4. The Morgan fingerprint density at radius 1 is 1.00 bits per heavy atom. The van der Waals surface area contributed by atoms with Crippen molar-refractivity contribution in [2.75, 3.05) is 19.6 Å². The molecule has 1 aromatic heterocycles. The summed E-state index contributed by atoms with van der Waals surface area (Å²) < 4.78 is 7.91. The number of carbonyl (C=O) groups is 1. The van der Waals surface area contributed by atoms with Gasteiger partial charge in [0.15, 0.2) is 0 Å². The summed E-state index contributed by atoms with van der Waals surface area (Å²) in [6.07, 6.45) is 3.01. The molecule has 1 saturated heterocycles. The highest BCUT2D eigenvalue weighted by Gasteiger charge is 2.33. The van der Waals surface area contributed by atoms with Crippen LogP contribution >= 0.6 is 0 Å². The minimum Gasteiger partial charge on any atom is -0.457 e. The molecule has 1 amide bonds. The van der Waals surface area contributed by atoms with E-state index in [4.69, 9.17) is 15.6 Å². The summed E-state index contributed by atoms with van der Waals surface area (Å²) in [7, 11) is 0. The van der Waals surface area contributed by atoms with Crippen LogP contribution in [0.5, 0.6) is 11.5 Å².